The number of rotatable bonds is 2. The SMILES string of the molecule is CC(C)(C)C(=O)N1CCc2cc(NC(=O)c3ccc(F)cc3F)ccc21. The molecule has 1 aliphatic heterocycles. The first-order chi connectivity index (χ1) is 12.2. The number of anilines is 2. The van der Waals surface area contributed by atoms with Gasteiger partial charge in [-0.25, -0.2) is 8.78 Å². The summed E-state index contributed by atoms with van der Waals surface area (Å²) >= 11 is 0. The molecule has 3 rings (SSSR count). The van der Waals surface area contributed by atoms with Crippen LogP contribution in [0.3, 0.4) is 0 Å². The molecule has 0 bridgehead atoms. The molecule has 1 aliphatic rings. The molecule has 0 unspecified atom stereocenters. The Labute approximate surface area is 150 Å². The van der Waals surface area contributed by atoms with Crippen molar-refractivity contribution in [2.24, 2.45) is 5.41 Å². The van der Waals surface area contributed by atoms with Gasteiger partial charge in [0.2, 0.25) is 5.91 Å². The maximum atomic E-state index is 13.7. The lowest BCUT2D eigenvalue weighted by Gasteiger charge is -2.26. The van der Waals surface area contributed by atoms with Crippen molar-refractivity contribution in [2.45, 2.75) is 27.2 Å². The predicted molar refractivity (Wildman–Crippen MR) is 96.3 cm³/mol. The maximum absolute atomic E-state index is 13.7. The molecule has 0 fully saturated rings. The van der Waals surface area contributed by atoms with E-state index in [1.165, 1.54) is 0 Å². The molecule has 26 heavy (non-hydrogen) atoms. The summed E-state index contributed by atoms with van der Waals surface area (Å²) < 4.78 is 26.7. The fraction of sp³-hybridized carbons (Fsp3) is 0.300. The second kappa shape index (κ2) is 6.52. The van der Waals surface area contributed by atoms with Crippen molar-refractivity contribution in [1.82, 2.24) is 0 Å². The Morgan fingerprint density at radius 1 is 1.08 bits per heavy atom. The predicted octanol–water partition coefficient (Wildman–Crippen LogP) is 4.15. The van der Waals surface area contributed by atoms with Crippen LogP contribution in [0.25, 0.3) is 0 Å². The third-order valence-electron chi connectivity index (χ3n) is 4.30. The fourth-order valence-electron chi connectivity index (χ4n) is 2.97. The zero-order valence-corrected chi connectivity index (χ0v) is 14.9. The molecule has 1 N–H and O–H groups in total. The van der Waals surface area contributed by atoms with E-state index < -0.39 is 23.0 Å². The molecule has 0 spiro atoms. The third kappa shape index (κ3) is 3.45. The minimum absolute atomic E-state index is 0.0430. The minimum atomic E-state index is -0.911. The molecule has 0 saturated heterocycles. The highest BCUT2D eigenvalue weighted by atomic mass is 19.1. The molecule has 0 aliphatic carbocycles. The number of hydrogen-bond acceptors (Lipinski definition) is 2. The van der Waals surface area contributed by atoms with Gasteiger partial charge in [0.1, 0.15) is 11.6 Å². The van der Waals surface area contributed by atoms with E-state index in [9.17, 15) is 18.4 Å². The van der Waals surface area contributed by atoms with Crippen molar-refractivity contribution < 1.29 is 18.4 Å². The van der Waals surface area contributed by atoms with Gasteiger partial charge in [0.25, 0.3) is 5.91 Å². The number of fused-ring (bicyclic) bond motifs is 1. The molecule has 0 aromatic heterocycles. The van der Waals surface area contributed by atoms with Gasteiger partial charge in [-0.05, 0) is 42.3 Å². The van der Waals surface area contributed by atoms with Gasteiger partial charge in [-0.15, -0.1) is 0 Å². The maximum Gasteiger partial charge on any atom is 0.258 e. The molecule has 0 atom stereocenters. The number of benzene rings is 2. The van der Waals surface area contributed by atoms with Crippen LogP contribution in [-0.4, -0.2) is 18.4 Å². The van der Waals surface area contributed by atoms with Crippen LogP contribution in [0.4, 0.5) is 20.2 Å². The number of carbonyl (C=O) groups is 2. The lowest BCUT2D eigenvalue weighted by molar-refractivity contribution is -0.125. The first-order valence-electron chi connectivity index (χ1n) is 8.38. The fourth-order valence-corrected chi connectivity index (χ4v) is 2.97. The Hall–Kier alpha value is -2.76. The van der Waals surface area contributed by atoms with Gasteiger partial charge in [0.05, 0.1) is 5.56 Å². The van der Waals surface area contributed by atoms with E-state index in [1.807, 2.05) is 20.8 Å². The first kappa shape index (κ1) is 18.0. The van der Waals surface area contributed by atoms with Crippen LogP contribution in [-0.2, 0) is 11.2 Å². The van der Waals surface area contributed by atoms with Crippen LogP contribution in [0.1, 0.15) is 36.7 Å². The van der Waals surface area contributed by atoms with Crippen molar-refractivity contribution in [3.63, 3.8) is 0 Å². The molecule has 2 aromatic rings. The zero-order chi connectivity index (χ0) is 19.1. The van der Waals surface area contributed by atoms with Gasteiger partial charge in [0, 0.05) is 29.4 Å². The second-order valence-electron chi connectivity index (χ2n) is 7.38. The highest BCUT2D eigenvalue weighted by molar-refractivity contribution is 6.05. The van der Waals surface area contributed by atoms with E-state index >= 15 is 0 Å². The number of hydrogen-bond donors (Lipinski definition) is 1. The summed E-state index contributed by atoms with van der Waals surface area (Å²) in [6, 6.07) is 8.06. The molecule has 4 nitrogen and oxygen atoms in total. The lowest BCUT2D eigenvalue weighted by Crippen LogP contribution is -2.38. The Bertz CT molecular complexity index is 888. The summed E-state index contributed by atoms with van der Waals surface area (Å²) in [5.41, 5.74) is 1.57. The van der Waals surface area contributed by atoms with E-state index in [1.54, 1.807) is 23.1 Å². The van der Waals surface area contributed by atoms with Crippen molar-refractivity contribution in [3.05, 3.63) is 59.2 Å². The van der Waals surface area contributed by atoms with Crippen molar-refractivity contribution in [1.29, 1.82) is 0 Å². The minimum Gasteiger partial charge on any atom is -0.322 e. The van der Waals surface area contributed by atoms with Gasteiger partial charge in [-0.1, -0.05) is 20.8 Å². The largest absolute Gasteiger partial charge is 0.322 e. The topological polar surface area (TPSA) is 49.4 Å². The number of nitrogens with zero attached hydrogens (tertiary/aromatic N) is 1. The molecule has 0 saturated carbocycles. The molecular formula is C20H20F2N2O2. The molecule has 136 valence electrons. The average molecular weight is 358 g/mol. The second-order valence-corrected chi connectivity index (χ2v) is 7.38. The zero-order valence-electron chi connectivity index (χ0n) is 14.9. The van der Waals surface area contributed by atoms with Crippen molar-refractivity contribution in [3.8, 4) is 0 Å². The van der Waals surface area contributed by atoms with E-state index in [4.69, 9.17) is 0 Å². The molecular weight excluding hydrogens is 338 g/mol. The Kier molecular flexibility index (Phi) is 4.52. The van der Waals surface area contributed by atoms with Gasteiger partial charge < -0.3 is 10.2 Å². The van der Waals surface area contributed by atoms with Crippen molar-refractivity contribution in [2.75, 3.05) is 16.8 Å². The van der Waals surface area contributed by atoms with Gasteiger partial charge >= 0.3 is 0 Å². The molecule has 0 radical (unpaired) electrons. The van der Waals surface area contributed by atoms with Gasteiger partial charge in [-0.2, -0.15) is 0 Å². The summed E-state index contributed by atoms with van der Waals surface area (Å²) in [7, 11) is 0. The number of carbonyl (C=O) groups excluding carboxylic acids is 2. The monoisotopic (exact) mass is 358 g/mol. The number of amides is 2. The lowest BCUT2D eigenvalue weighted by atomic mass is 9.94. The van der Waals surface area contributed by atoms with Crippen LogP contribution in [0.5, 0.6) is 0 Å². The number of nitrogens with one attached hydrogen (secondary N) is 1. The number of halogens is 2. The highest BCUT2D eigenvalue weighted by Crippen LogP contribution is 2.33. The quantitative estimate of drug-likeness (QED) is 0.877. The van der Waals surface area contributed by atoms with Crippen LogP contribution in [0, 0.1) is 17.0 Å². The Morgan fingerprint density at radius 3 is 2.46 bits per heavy atom. The van der Waals surface area contributed by atoms with Crippen LogP contribution < -0.4 is 10.2 Å². The van der Waals surface area contributed by atoms with E-state index in [0.29, 0.717) is 24.7 Å². The normalized spacial score (nSPS) is 13.5. The first-order valence-corrected chi connectivity index (χ1v) is 8.38. The summed E-state index contributed by atoms with van der Waals surface area (Å²) in [5.74, 6) is -2.25. The van der Waals surface area contributed by atoms with Crippen molar-refractivity contribution >= 4 is 23.2 Å². The average Bonchev–Trinajstić information content (AvgIpc) is 2.96. The van der Waals surface area contributed by atoms with Gasteiger partial charge in [-0.3, -0.25) is 9.59 Å². The highest BCUT2D eigenvalue weighted by Gasteiger charge is 2.32. The van der Waals surface area contributed by atoms with Crippen LogP contribution >= 0.6 is 0 Å². The standard InChI is InChI=1S/C20H20F2N2O2/c1-20(2,3)19(26)24-9-8-12-10-14(5-7-17(12)24)23-18(25)15-6-4-13(21)11-16(15)22/h4-7,10-11H,8-9H2,1-3H3,(H,23,25). The summed E-state index contributed by atoms with van der Waals surface area (Å²) in [6.07, 6.45) is 0.686. The summed E-state index contributed by atoms with van der Waals surface area (Å²) in [5, 5.41) is 2.62. The van der Waals surface area contributed by atoms with E-state index in [0.717, 1.165) is 23.4 Å². The summed E-state index contributed by atoms with van der Waals surface area (Å²) in [6.45, 7) is 6.22. The van der Waals surface area contributed by atoms with E-state index in [2.05, 4.69) is 5.32 Å². The summed E-state index contributed by atoms with van der Waals surface area (Å²) in [4.78, 5) is 26.5. The molecule has 6 heteroatoms. The van der Waals surface area contributed by atoms with E-state index in [-0.39, 0.29) is 11.5 Å². The third-order valence-corrected chi connectivity index (χ3v) is 4.30. The molecule has 1 heterocycles. The Balaban J connectivity index is 1.80. The Morgan fingerprint density at radius 2 is 1.81 bits per heavy atom. The van der Waals surface area contributed by atoms with Crippen LogP contribution in [0.15, 0.2) is 36.4 Å². The molecule has 2 aromatic carbocycles. The molecule has 2 amide bonds. The van der Waals surface area contributed by atoms with Crippen LogP contribution in [0.2, 0.25) is 0 Å². The van der Waals surface area contributed by atoms with Gasteiger partial charge in [0.15, 0.2) is 0 Å². The smallest absolute Gasteiger partial charge is 0.258 e.